The molecule has 0 radical (unpaired) electrons. The Bertz CT molecular complexity index is 1130. The highest BCUT2D eigenvalue weighted by atomic mass is 16.6. The highest BCUT2D eigenvalue weighted by Gasteiger charge is 2.39. The lowest BCUT2D eigenvalue weighted by molar-refractivity contribution is -0.137. The van der Waals surface area contributed by atoms with Gasteiger partial charge in [-0.25, -0.2) is 4.79 Å². The zero-order valence-corrected chi connectivity index (χ0v) is 17.8. The molecule has 2 heterocycles. The third-order valence-electron chi connectivity index (χ3n) is 5.56. The molecule has 4 rings (SSSR count). The number of nitrogens with one attached hydrogen (secondary N) is 3. The zero-order chi connectivity index (χ0) is 23.5. The molecule has 1 saturated heterocycles. The van der Waals surface area contributed by atoms with Crippen LogP contribution >= 0.6 is 0 Å². The van der Waals surface area contributed by atoms with Crippen LogP contribution in [0.25, 0.3) is 0 Å². The molecule has 2 unspecified atom stereocenters. The van der Waals surface area contributed by atoms with Gasteiger partial charge in [0, 0.05) is 36.8 Å². The van der Waals surface area contributed by atoms with Crippen molar-refractivity contribution in [2.75, 3.05) is 12.4 Å². The van der Waals surface area contributed by atoms with E-state index in [2.05, 4.69) is 16.0 Å². The summed E-state index contributed by atoms with van der Waals surface area (Å²) in [5.74, 6) is -1.70. The van der Waals surface area contributed by atoms with Gasteiger partial charge in [0.05, 0.1) is 0 Å². The standard InChI is InChI=1S/C23H22N4O6/c1-24-23(32)33-19(13-5-3-2-4-6-13)21(30)25-15-7-8-16-14(11-15)12-27(22(16)31)17-9-10-18(28)26-20(17)29/h2-8,11,17,19H,9-10,12H2,1H3,(H,24,32)(H,25,30)(H,26,28,29). The summed E-state index contributed by atoms with van der Waals surface area (Å²) in [6.45, 7) is 0.182. The van der Waals surface area contributed by atoms with Crippen LogP contribution < -0.4 is 16.0 Å². The van der Waals surface area contributed by atoms with E-state index in [1.54, 1.807) is 48.5 Å². The van der Waals surface area contributed by atoms with Crippen molar-refractivity contribution in [3.63, 3.8) is 0 Å². The van der Waals surface area contributed by atoms with Crippen molar-refractivity contribution < 1.29 is 28.7 Å². The monoisotopic (exact) mass is 450 g/mol. The first-order valence-electron chi connectivity index (χ1n) is 10.4. The Morgan fingerprint density at radius 1 is 1.12 bits per heavy atom. The number of carbonyl (C=O) groups excluding carboxylic acids is 5. The molecule has 3 N–H and O–H groups in total. The van der Waals surface area contributed by atoms with E-state index in [0.717, 1.165) is 0 Å². The summed E-state index contributed by atoms with van der Waals surface area (Å²) in [5.41, 5.74) is 1.99. The molecule has 2 aliphatic heterocycles. The average Bonchev–Trinajstić information content (AvgIpc) is 3.13. The molecule has 0 aliphatic carbocycles. The molecule has 0 bridgehead atoms. The second-order valence-electron chi connectivity index (χ2n) is 7.71. The first-order chi connectivity index (χ1) is 15.9. The number of fused-ring (bicyclic) bond motifs is 1. The van der Waals surface area contributed by atoms with Crippen LogP contribution in [0.15, 0.2) is 48.5 Å². The van der Waals surface area contributed by atoms with Gasteiger partial charge in [0.25, 0.3) is 11.8 Å². The van der Waals surface area contributed by atoms with Crippen LogP contribution in [0.3, 0.4) is 0 Å². The summed E-state index contributed by atoms with van der Waals surface area (Å²) in [4.78, 5) is 62.6. The van der Waals surface area contributed by atoms with Crippen LogP contribution in [0.2, 0.25) is 0 Å². The normalized spacial score (nSPS) is 18.3. The lowest BCUT2D eigenvalue weighted by Crippen LogP contribution is -2.52. The molecule has 10 heteroatoms. The molecular formula is C23H22N4O6. The predicted octanol–water partition coefficient (Wildman–Crippen LogP) is 1.48. The van der Waals surface area contributed by atoms with Gasteiger partial charge in [-0.3, -0.25) is 24.5 Å². The molecule has 0 aromatic heterocycles. The van der Waals surface area contributed by atoms with Crippen molar-refractivity contribution in [2.24, 2.45) is 0 Å². The van der Waals surface area contributed by atoms with Crippen LogP contribution in [0.5, 0.6) is 0 Å². The van der Waals surface area contributed by atoms with Crippen LogP contribution in [0.4, 0.5) is 10.5 Å². The van der Waals surface area contributed by atoms with Gasteiger partial charge in [0.2, 0.25) is 17.9 Å². The van der Waals surface area contributed by atoms with Crippen LogP contribution in [-0.2, 0) is 25.7 Å². The van der Waals surface area contributed by atoms with Gasteiger partial charge in [-0.1, -0.05) is 30.3 Å². The van der Waals surface area contributed by atoms with Crippen molar-refractivity contribution in [1.29, 1.82) is 0 Å². The Morgan fingerprint density at radius 2 is 1.88 bits per heavy atom. The number of rotatable bonds is 5. The molecule has 5 amide bonds. The first kappa shape index (κ1) is 22.0. The smallest absolute Gasteiger partial charge is 0.408 e. The molecule has 33 heavy (non-hydrogen) atoms. The minimum atomic E-state index is -1.18. The SMILES string of the molecule is CNC(=O)OC(C(=O)Nc1ccc2c(c1)CN(C1CCC(=O)NC1=O)C2=O)c1ccccc1. The Hall–Kier alpha value is -4.21. The summed E-state index contributed by atoms with van der Waals surface area (Å²) in [6, 6.07) is 12.7. The maximum atomic E-state index is 12.9. The topological polar surface area (TPSA) is 134 Å². The van der Waals surface area contributed by atoms with Gasteiger partial charge in [0.1, 0.15) is 6.04 Å². The number of imide groups is 1. The minimum Gasteiger partial charge on any atom is -0.431 e. The van der Waals surface area contributed by atoms with E-state index in [1.807, 2.05) is 0 Å². The van der Waals surface area contributed by atoms with Gasteiger partial charge >= 0.3 is 6.09 Å². The van der Waals surface area contributed by atoms with Crippen molar-refractivity contribution in [1.82, 2.24) is 15.5 Å². The maximum absolute atomic E-state index is 12.9. The minimum absolute atomic E-state index is 0.171. The molecule has 2 aromatic rings. The van der Waals surface area contributed by atoms with E-state index < -0.39 is 30.1 Å². The summed E-state index contributed by atoms with van der Waals surface area (Å²) in [7, 11) is 1.40. The first-order valence-corrected chi connectivity index (χ1v) is 10.4. The number of benzene rings is 2. The Balaban J connectivity index is 1.51. The molecule has 170 valence electrons. The summed E-state index contributed by atoms with van der Waals surface area (Å²) in [6.07, 6.45) is -1.49. The predicted molar refractivity (Wildman–Crippen MR) is 116 cm³/mol. The van der Waals surface area contributed by atoms with E-state index in [-0.39, 0.29) is 31.2 Å². The molecule has 2 aliphatic rings. The van der Waals surface area contributed by atoms with Gasteiger partial charge < -0.3 is 20.3 Å². The summed E-state index contributed by atoms with van der Waals surface area (Å²) >= 11 is 0. The molecule has 2 aromatic carbocycles. The maximum Gasteiger partial charge on any atom is 0.408 e. The fraction of sp³-hybridized carbons (Fsp3) is 0.261. The quantitative estimate of drug-likeness (QED) is 0.591. The molecule has 0 spiro atoms. The molecule has 0 saturated carbocycles. The summed E-state index contributed by atoms with van der Waals surface area (Å²) in [5, 5.41) is 7.32. The third kappa shape index (κ3) is 4.54. The zero-order valence-electron chi connectivity index (χ0n) is 17.8. The number of ether oxygens (including phenoxy) is 1. The van der Waals surface area contributed by atoms with Crippen molar-refractivity contribution >= 4 is 35.4 Å². The van der Waals surface area contributed by atoms with E-state index in [4.69, 9.17) is 4.74 Å². The molecule has 10 nitrogen and oxygen atoms in total. The number of hydrogen-bond acceptors (Lipinski definition) is 6. The van der Waals surface area contributed by atoms with Gasteiger partial charge in [-0.2, -0.15) is 0 Å². The molecular weight excluding hydrogens is 428 g/mol. The second kappa shape index (κ2) is 9.11. The Labute approximate surface area is 189 Å². The molecule has 2 atom stereocenters. The number of nitrogens with zero attached hydrogens (tertiary/aromatic N) is 1. The number of alkyl carbamates (subject to hydrolysis) is 1. The lowest BCUT2D eigenvalue weighted by atomic mass is 10.0. The number of carbonyl (C=O) groups is 5. The van der Waals surface area contributed by atoms with Crippen LogP contribution in [0.1, 0.15) is 40.4 Å². The number of anilines is 1. The highest BCUT2D eigenvalue weighted by molar-refractivity contribution is 6.06. The average molecular weight is 450 g/mol. The van der Waals surface area contributed by atoms with E-state index in [9.17, 15) is 24.0 Å². The number of hydrogen-bond donors (Lipinski definition) is 3. The Morgan fingerprint density at radius 3 is 2.58 bits per heavy atom. The highest BCUT2D eigenvalue weighted by Crippen LogP contribution is 2.30. The van der Waals surface area contributed by atoms with Crippen LogP contribution in [-0.4, -0.2) is 47.7 Å². The van der Waals surface area contributed by atoms with Crippen molar-refractivity contribution in [2.45, 2.75) is 31.5 Å². The van der Waals surface area contributed by atoms with Crippen molar-refractivity contribution in [3.05, 3.63) is 65.2 Å². The second-order valence-corrected chi connectivity index (χ2v) is 7.71. The van der Waals surface area contributed by atoms with E-state index in [0.29, 0.717) is 22.4 Å². The largest absolute Gasteiger partial charge is 0.431 e. The van der Waals surface area contributed by atoms with Gasteiger partial charge in [-0.05, 0) is 30.2 Å². The van der Waals surface area contributed by atoms with Gasteiger partial charge in [-0.15, -0.1) is 0 Å². The number of amides is 5. The van der Waals surface area contributed by atoms with Crippen LogP contribution in [0, 0.1) is 0 Å². The Kier molecular flexibility index (Phi) is 6.07. The molecule has 1 fully saturated rings. The fourth-order valence-corrected chi connectivity index (χ4v) is 3.93. The number of piperidine rings is 1. The lowest BCUT2D eigenvalue weighted by Gasteiger charge is -2.29. The fourth-order valence-electron chi connectivity index (χ4n) is 3.93. The van der Waals surface area contributed by atoms with E-state index >= 15 is 0 Å². The summed E-state index contributed by atoms with van der Waals surface area (Å²) < 4.78 is 5.25. The van der Waals surface area contributed by atoms with Crippen molar-refractivity contribution in [3.8, 4) is 0 Å². The van der Waals surface area contributed by atoms with E-state index in [1.165, 1.54) is 11.9 Å². The van der Waals surface area contributed by atoms with Gasteiger partial charge in [0.15, 0.2) is 0 Å². The third-order valence-corrected chi connectivity index (χ3v) is 5.56.